The molecular formula is C46H68N2O16. The molecule has 358 valence electrons. The summed E-state index contributed by atoms with van der Waals surface area (Å²) >= 11 is 0. The molecule has 0 unspecified atom stereocenters. The van der Waals surface area contributed by atoms with E-state index in [1.54, 1.807) is 0 Å². The second-order valence-corrected chi connectivity index (χ2v) is 14.1. The van der Waals surface area contributed by atoms with Gasteiger partial charge in [0, 0.05) is 31.2 Å². The van der Waals surface area contributed by atoms with Crippen LogP contribution in [0, 0.1) is 0 Å². The molecule has 0 saturated carbocycles. The summed E-state index contributed by atoms with van der Waals surface area (Å²) < 4.78 is 71.5. The van der Waals surface area contributed by atoms with Gasteiger partial charge in [-0.2, -0.15) is 0 Å². The lowest BCUT2D eigenvalue weighted by atomic mass is 9.98. The summed E-state index contributed by atoms with van der Waals surface area (Å²) in [6.07, 6.45) is 2.76. The van der Waals surface area contributed by atoms with E-state index in [-0.39, 0.29) is 30.9 Å². The van der Waals surface area contributed by atoms with Crippen LogP contribution >= 0.6 is 0 Å². The Hall–Kier alpha value is -3.89. The number of nitrogens with one attached hydrogen (secondary N) is 1. The van der Waals surface area contributed by atoms with E-state index in [9.17, 15) is 14.4 Å². The molecule has 0 radical (unpaired) electrons. The van der Waals surface area contributed by atoms with E-state index in [4.69, 9.17) is 61.6 Å². The van der Waals surface area contributed by atoms with Crippen molar-refractivity contribution in [3.8, 4) is 11.1 Å². The van der Waals surface area contributed by atoms with Crippen molar-refractivity contribution in [3.63, 3.8) is 0 Å². The Balaban J connectivity index is 0.752. The fourth-order valence-electron chi connectivity index (χ4n) is 6.34. The number of imide groups is 1. The van der Waals surface area contributed by atoms with Crippen LogP contribution in [0.5, 0.6) is 0 Å². The Labute approximate surface area is 376 Å². The summed E-state index contributed by atoms with van der Waals surface area (Å²) in [5.41, 5.74) is 4.79. The molecule has 18 heteroatoms. The predicted molar refractivity (Wildman–Crippen MR) is 233 cm³/mol. The van der Waals surface area contributed by atoms with Gasteiger partial charge in [0.2, 0.25) is 0 Å². The van der Waals surface area contributed by atoms with Gasteiger partial charge in [0.25, 0.3) is 11.8 Å². The van der Waals surface area contributed by atoms with Gasteiger partial charge in [-0.3, -0.25) is 14.5 Å². The number of hydrogen-bond donors (Lipinski definition) is 1. The second-order valence-electron chi connectivity index (χ2n) is 14.1. The highest BCUT2D eigenvalue weighted by atomic mass is 16.6. The molecular weight excluding hydrogens is 837 g/mol. The van der Waals surface area contributed by atoms with E-state index in [1.807, 2.05) is 24.3 Å². The summed E-state index contributed by atoms with van der Waals surface area (Å²) in [7, 11) is 0. The molecule has 18 nitrogen and oxygen atoms in total. The highest BCUT2D eigenvalue weighted by Gasteiger charge is 2.29. The minimum Gasteiger partial charge on any atom is -0.449 e. The number of carbonyl (C=O) groups is 3. The van der Waals surface area contributed by atoms with Crippen molar-refractivity contribution in [1.82, 2.24) is 10.2 Å². The average Bonchev–Trinajstić information content (AvgIpc) is 3.81. The molecule has 0 aromatic heterocycles. The van der Waals surface area contributed by atoms with Gasteiger partial charge >= 0.3 is 6.09 Å². The van der Waals surface area contributed by atoms with Crippen molar-refractivity contribution in [2.45, 2.75) is 12.3 Å². The smallest absolute Gasteiger partial charge is 0.407 e. The first-order chi connectivity index (χ1) is 31.6. The number of carbonyl (C=O) groups excluding carboxylic acids is 3. The van der Waals surface area contributed by atoms with Crippen molar-refractivity contribution in [2.24, 2.45) is 0 Å². The van der Waals surface area contributed by atoms with Gasteiger partial charge in [-0.05, 0) is 28.7 Å². The van der Waals surface area contributed by atoms with E-state index >= 15 is 0 Å². The fourth-order valence-corrected chi connectivity index (χ4v) is 6.34. The third-order valence-corrected chi connectivity index (χ3v) is 9.53. The van der Waals surface area contributed by atoms with Gasteiger partial charge in [0.05, 0.1) is 159 Å². The number of fused-ring (bicyclic) bond motifs is 3. The van der Waals surface area contributed by atoms with Crippen LogP contribution in [0.25, 0.3) is 11.1 Å². The number of benzene rings is 2. The van der Waals surface area contributed by atoms with Gasteiger partial charge in [-0.1, -0.05) is 48.5 Å². The second kappa shape index (κ2) is 35.4. The van der Waals surface area contributed by atoms with Crippen molar-refractivity contribution in [3.05, 3.63) is 71.8 Å². The van der Waals surface area contributed by atoms with E-state index in [0.29, 0.717) is 172 Å². The summed E-state index contributed by atoms with van der Waals surface area (Å²) in [4.78, 5) is 36.3. The van der Waals surface area contributed by atoms with Crippen LogP contribution in [0.4, 0.5) is 4.79 Å². The number of ether oxygens (including phenoxy) is 13. The molecule has 0 fully saturated rings. The third-order valence-electron chi connectivity index (χ3n) is 9.53. The maximum atomic E-state index is 12.3. The Morgan fingerprint density at radius 2 is 0.750 bits per heavy atom. The monoisotopic (exact) mass is 904 g/mol. The number of hydrogen-bond acceptors (Lipinski definition) is 16. The first-order valence-electron chi connectivity index (χ1n) is 22.2. The standard InChI is InChI=1S/C46H68N2O16/c49-44-10-11-45(50)48(44)13-15-53-17-19-55-21-23-57-25-27-59-29-31-61-33-35-63-37-36-62-34-32-60-30-28-58-26-24-56-22-20-54-18-16-52-14-5-12-47-46(51)64-38-43-41-8-3-1-6-39(41)40-7-2-4-9-42(40)43/h1-4,6-11,43H,5,12-38H2,(H,47,51). The zero-order valence-electron chi connectivity index (χ0n) is 37.1. The lowest BCUT2D eigenvalue weighted by Gasteiger charge is -2.14. The molecule has 2 aromatic rings. The van der Waals surface area contributed by atoms with Crippen molar-refractivity contribution in [1.29, 1.82) is 0 Å². The fraction of sp³-hybridized carbons (Fsp3) is 0.630. The highest BCUT2D eigenvalue weighted by Crippen LogP contribution is 2.44. The molecule has 1 aliphatic heterocycles. The molecule has 1 N–H and O–H groups in total. The normalized spacial score (nSPS) is 13.3. The number of amides is 3. The Morgan fingerprint density at radius 3 is 1.11 bits per heavy atom. The van der Waals surface area contributed by atoms with E-state index in [2.05, 4.69) is 29.6 Å². The van der Waals surface area contributed by atoms with Gasteiger partial charge < -0.3 is 66.9 Å². The zero-order chi connectivity index (χ0) is 45.0. The van der Waals surface area contributed by atoms with Crippen LogP contribution in [0.2, 0.25) is 0 Å². The maximum Gasteiger partial charge on any atom is 0.407 e. The molecule has 2 aromatic carbocycles. The van der Waals surface area contributed by atoms with Crippen LogP contribution in [0.15, 0.2) is 60.7 Å². The zero-order valence-corrected chi connectivity index (χ0v) is 37.1. The van der Waals surface area contributed by atoms with Crippen LogP contribution in [0.3, 0.4) is 0 Å². The Kier molecular flexibility index (Phi) is 29.2. The molecule has 0 saturated heterocycles. The van der Waals surface area contributed by atoms with Crippen LogP contribution in [0.1, 0.15) is 23.5 Å². The molecule has 2 aliphatic rings. The summed E-state index contributed by atoms with van der Waals surface area (Å²) in [5, 5.41) is 2.80. The van der Waals surface area contributed by atoms with E-state index in [1.165, 1.54) is 34.4 Å². The van der Waals surface area contributed by atoms with Crippen LogP contribution < -0.4 is 5.32 Å². The quantitative estimate of drug-likeness (QED) is 0.0757. The summed E-state index contributed by atoms with van der Waals surface area (Å²) in [6, 6.07) is 16.5. The van der Waals surface area contributed by atoms with Gasteiger partial charge in [-0.15, -0.1) is 0 Å². The Bertz CT molecular complexity index is 1520. The van der Waals surface area contributed by atoms with Gasteiger partial charge in [0.1, 0.15) is 6.61 Å². The topological polar surface area (TPSA) is 186 Å². The number of rotatable bonds is 42. The summed E-state index contributed by atoms with van der Waals surface area (Å²) in [6.45, 7) is 11.9. The molecule has 0 atom stereocenters. The average molecular weight is 905 g/mol. The first kappa shape index (κ1) is 52.7. The minimum atomic E-state index is -0.421. The number of nitrogens with zero attached hydrogens (tertiary/aromatic N) is 1. The minimum absolute atomic E-state index is 0.0426. The van der Waals surface area contributed by atoms with Gasteiger partial charge in [0.15, 0.2) is 0 Å². The number of alkyl carbamates (subject to hydrolysis) is 1. The molecule has 3 amide bonds. The summed E-state index contributed by atoms with van der Waals surface area (Å²) in [5.74, 6) is -0.579. The van der Waals surface area contributed by atoms with Crippen molar-refractivity contribution in [2.75, 3.05) is 178 Å². The van der Waals surface area contributed by atoms with Crippen LogP contribution in [-0.2, 0) is 71.2 Å². The first-order valence-corrected chi connectivity index (χ1v) is 22.2. The van der Waals surface area contributed by atoms with Crippen molar-refractivity contribution >= 4 is 17.9 Å². The SMILES string of the molecule is O=C(NCCCOCCOCCOCCOCCOCCOCCOCCOCCOCCOCCOCCOCCN1C(=O)C=CC1=O)OCC1c2ccccc2-c2ccccc21. The highest BCUT2D eigenvalue weighted by molar-refractivity contribution is 6.12. The lowest BCUT2D eigenvalue weighted by Crippen LogP contribution is -2.33. The molecule has 0 bridgehead atoms. The molecule has 64 heavy (non-hydrogen) atoms. The largest absolute Gasteiger partial charge is 0.449 e. The molecule has 4 rings (SSSR count). The van der Waals surface area contributed by atoms with Crippen molar-refractivity contribution < 1.29 is 76.0 Å². The van der Waals surface area contributed by atoms with Gasteiger partial charge in [-0.25, -0.2) is 4.79 Å². The van der Waals surface area contributed by atoms with E-state index < -0.39 is 6.09 Å². The predicted octanol–water partition coefficient (Wildman–Crippen LogP) is 3.04. The third kappa shape index (κ3) is 22.8. The lowest BCUT2D eigenvalue weighted by molar-refractivity contribution is -0.137. The maximum absolute atomic E-state index is 12.3. The molecule has 1 aliphatic carbocycles. The Morgan fingerprint density at radius 1 is 0.438 bits per heavy atom. The molecule has 0 spiro atoms. The molecule has 1 heterocycles. The van der Waals surface area contributed by atoms with E-state index in [0.717, 1.165) is 4.90 Å². The van der Waals surface area contributed by atoms with Crippen LogP contribution in [-0.4, -0.2) is 201 Å².